The summed E-state index contributed by atoms with van der Waals surface area (Å²) >= 11 is 7.03. The minimum absolute atomic E-state index is 0.0954. The molecule has 0 aliphatic heterocycles. The second-order valence-electron chi connectivity index (χ2n) is 5.92. The van der Waals surface area contributed by atoms with E-state index in [2.05, 4.69) is 21.0 Å². The SMILES string of the molecule is Cn1c(Cc2ccccc2)nnc1SCC(=O)NNC(=O)c1ccc(Cl)cc1. The van der Waals surface area contributed by atoms with Crippen LogP contribution in [-0.2, 0) is 18.3 Å². The van der Waals surface area contributed by atoms with Crippen molar-refractivity contribution in [1.29, 1.82) is 0 Å². The molecular weight excluding hydrogens is 398 g/mol. The highest BCUT2D eigenvalue weighted by Gasteiger charge is 2.13. The molecule has 28 heavy (non-hydrogen) atoms. The molecule has 7 nitrogen and oxygen atoms in total. The third-order valence-electron chi connectivity index (χ3n) is 3.88. The highest BCUT2D eigenvalue weighted by Crippen LogP contribution is 2.17. The standard InChI is InChI=1S/C19H18ClN5O2S/c1-25-16(11-13-5-3-2-4-6-13)21-24-19(25)28-12-17(26)22-23-18(27)14-7-9-15(20)10-8-14/h2-10H,11-12H2,1H3,(H,22,26)(H,23,27). The largest absolute Gasteiger partial charge is 0.309 e. The predicted octanol–water partition coefficient (Wildman–Crippen LogP) is 2.61. The molecule has 2 N–H and O–H groups in total. The van der Waals surface area contributed by atoms with Crippen LogP contribution in [0.3, 0.4) is 0 Å². The Kier molecular flexibility index (Phi) is 6.67. The van der Waals surface area contributed by atoms with Gasteiger partial charge in [0.1, 0.15) is 5.82 Å². The van der Waals surface area contributed by atoms with Crippen molar-refractivity contribution in [3.8, 4) is 0 Å². The van der Waals surface area contributed by atoms with Crippen LogP contribution < -0.4 is 10.9 Å². The lowest BCUT2D eigenvalue weighted by Gasteiger charge is -2.07. The van der Waals surface area contributed by atoms with Crippen LogP contribution in [-0.4, -0.2) is 32.3 Å². The lowest BCUT2D eigenvalue weighted by atomic mass is 10.1. The van der Waals surface area contributed by atoms with Gasteiger partial charge in [0.15, 0.2) is 5.16 Å². The Bertz CT molecular complexity index is 960. The fraction of sp³-hybridized carbons (Fsp3) is 0.158. The van der Waals surface area contributed by atoms with Crippen LogP contribution >= 0.6 is 23.4 Å². The summed E-state index contributed by atoms with van der Waals surface area (Å²) in [5, 5.41) is 9.49. The van der Waals surface area contributed by atoms with Gasteiger partial charge in [0.25, 0.3) is 5.91 Å². The number of hydrazine groups is 1. The zero-order valence-electron chi connectivity index (χ0n) is 15.1. The molecule has 2 aromatic carbocycles. The van der Waals surface area contributed by atoms with Crippen molar-refractivity contribution in [2.24, 2.45) is 7.05 Å². The summed E-state index contributed by atoms with van der Waals surface area (Å²) < 4.78 is 1.86. The number of hydrogen-bond acceptors (Lipinski definition) is 5. The number of nitrogens with zero attached hydrogens (tertiary/aromatic N) is 3. The first-order valence-electron chi connectivity index (χ1n) is 8.42. The first-order chi connectivity index (χ1) is 13.5. The number of nitrogens with one attached hydrogen (secondary N) is 2. The van der Waals surface area contributed by atoms with E-state index in [0.29, 0.717) is 22.2 Å². The number of rotatable bonds is 6. The monoisotopic (exact) mass is 415 g/mol. The van der Waals surface area contributed by atoms with Crippen molar-refractivity contribution < 1.29 is 9.59 Å². The van der Waals surface area contributed by atoms with E-state index in [1.165, 1.54) is 11.8 Å². The maximum atomic E-state index is 12.0. The molecule has 9 heteroatoms. The minimum atomic E-state index is -0.418. The summed E-state index contributed by atoms with van der Waals surface area (Å²) in [6, 6.07) is 16.3. The van der Waals surface area contributed by atoms with Crippen LogP contribution in [0.25, 0.3) is 0 Å². The highest BCUT2D eigenvalue weighted by atomic mass is 35.5. The van der Waals surface area contributed by atoms with Crippen LogP contribution in [0.1, 0.15) is 21.7 Å². The lowest BCUT2D eigenvalue weighted by Crippen LogP contribution is -2.42. The van der Waals surface area contributed by atoms with Crippen LogP contribution in [0.5, 0.6) is 0 Å². The summed E-state index contributed by atoms with van der Waals surface area (Å²) in [4.78, 5) is 24.0. The van der Waals surface area contributed by atoms with Crippen LogP contribution in [0.15, 0.2) is 59.8 Å². The molecule has 0 aliphatic rings. The molecule has 0 saturated carbocycles. The third kappa shape index (κ3) is 5.34. The van der Waals surface area contributed by atoms with Crippen molar-refractivity contribution in [2.45, 2.75) is 11.6 Å². The number of amides is 2. The quantitative estimate of drug-likeness (QED) is 0.477. The van der Waals surface area contributed by atoms with E-state index in [1.807, 2.05) is 41.9 Å². The molecule has 0 fully saturated rings. The van der Waals surface area contributed by atoms with E-state index in [9.17, 15) is 9.59 Å². The molecule has 0 radical (unpaired) electrons. The van der Waals surface area contributed by atoms with Crippen LogP contribution in [0, 0.1) is 0 Å². The van der Waals surface area contributed by atoms with E-state index in [0.717, 1.165) is 11.4 Å². The van der Waals surface area contributed by atoms with Crippen LogP contribution in [0.2, 0.25) is 5.02 Å². The van der Waals surface area contributed by atoms with E-state index < -0.39 is 5.91 Å². The lowest BCUT2D eigenvalue weighted by molar-refractivity contribution is -0.119. The predicted molar refractivity (Wildman–Crippen MR) is 108 cm³/mol. The van der Waals surface area contributed by atoms with Gasteiger partial charge in [-0.1, -0.05) is 53.7 Å². The van der Waals surface area contributed by atoms with Gasteiger partial charge in [-0.15, -0.1) is 10.2 Å². The number of thioether (sulfide) groups is 1. The average Bonchev–Trinajstić information content (AvgIpc) is 3.05. The summed E-state index contributed by atoms with van der Waals surface area (Å²) in [6.07, 6.45) is 0.661. The molecule has 3 aromatic rings. The van der Waals surface area contributed by atoms with Gasteiger partial charge >= 0.3 is 0 Å². The Labute approximate surface area is 171 Å². The van der Waals surface area contributed by atoms with Crippen molar-refractivity contribution in [2.75, 3.05) is 5.75 Å². The Morgan fingerprint density at radius 3 is 2.46 bits per heavy atom. The third-order valence-corrected chi connectivity index (χ3v) is 5.16. The van der Waals surface area contributed by atoms with Crippen molar-refractivity contribution >= 4 is 35.2 Å². The van der Waals surface area contributed by atoms with Gasteiger partial charge < -0.3 is 4.57 Å². The first-order valence-corrected chi connectivity index (χ1v) is 9.79. The van der Waals surface area contributed by atoms with E-state index in [-0.39, 0.29) is 11.7 Å². The molecule has 1 aromatic heterocycles. The topological polar surface area (TPSA) is 88.9 Å². The molecule has 0 atom stereocenters. The molecule has 2 amide bonds. The van der Waals surface area contributed by atoms with Crippen molar-refractivity contribution in [3.05, 3.63) is 76.6 Å². The van der Waals surface area contributed by atoms with Gasteiger partial charge in [-0.3, -0.25) is 20.4 Å². The molecule has 144 valence electrons. The maximum Gasteiger partial charge on any atom is 0.269 e. The Morgan fingerprint density at radius 1 is 1.04 bits per heavy atom. The number of halogens is 1. The van der Waals surface area contributed by atoms with Crippen LogP contribution in [0.4, 0.5) is 0 Å². The van der Waals surface area contributed by atoms with Crippen molar-refractivity contribution in [1.82, 2.24) is 25.6 Å². The molecule has 0 unspecified atom stereocenters. The van der Waals surface area contributed by atoms with Gasteiger partial charge in [0.2, 0.25) is 5.91 Å². The number of carbonyl (C=O) groups excluding carboxylic acids is 2. The maximum absolute atomic E-state index is 12.0. The Hall–Kier alpha value is -2.84. The zero-order chi connectivity index (χ0) is 19.9. The number of aromatic nitrogens is 3. The van der Waals surface area contributed by atoms with E-state index >= 15 is 0 Å². The molecule has 3 rings (SSSR count). The summed E-state index contributed by atoms with van der Waals surface area (Å²) in [5.74, 6) is 0.141. The molecule has 0 bridgehead atoms. The Morgan fingerprint density at radius 2 is 1.75 bits per heavy atom. The molecule has 0 aliphatic carbocycles. The number of carbonyl (C=O) groups is 2. The molecular formula is C19H18ClN5O2S. The van der Waals surface area contributed by atoms with Crippen molar-refractivity contribution in [3.63, 3.8) is 0 Å². The average molecular weight is 416 g/mol. The normalized spacial score (nSPS) is 10.5. The van der Waals surface area contributed by atoms with Gasteiger partial charge in [0, 0.05) is 24.1 Å². The molecule has 0 spiro atoms. The zero-order valence-corrected chi connectivity index (χ0v) is 16.6. The minimum Gasteiger partial charge on any atom is -0.309 e. The van der Waals surface area contributed by atoms with Gasteiger partial charge in [-0.05, 0) is 29.8 Å². The van der Waals surface area contributed by atoms with Gasteiger partial charge in [-0.2, -0.15) is 0 Å². The molecule has 0 saturated heterocycles. The summed E-state index contributed by atoms with van der Waals surface area (Å²) in [5.41, 5.74) is 6.29. The van der Waals surface area contributed by atoms with Gasteiger partial charge in [-0.25, -0.2) is 0 Å². The summed E-state index contributed by atoms with van der Waals surface area (Å²) in [7, 11) is 1.86. The smallest absolute Gasteiger partial charge is 0.269 e. The highest BCUT2D eigenvalue weighted by molar-refractivity contribution is 7.99. The fourth-order valence-electron chi connectivity index (χ4n) is 2.37. The Balaban J connectivity index is 1.48. The summed E-state index contributed by atoms with van der Waals surface area (Å²) in [6.45, 7) is 0. The molecule has 1 heterocycles. The second kappa shape index (κ2) is 9.38. The number of hydrogen-bond donors (Lipinski definition) is 2. The first kappa shape index (κ1) is 19.9. The fourth-order valence-corrected chi connectivity index (χ4v) is 3.23. The number of benzene rings is 2. The second-order valence-corrected chi connectivity index (χ2v) is 7.30. The van der Waals surface area contributed by atoms with E-state index in [4.69, 9.17) is 11.6 Å². The van der Waals surface area contributed by atoms with E-state index in [1.54, 1.807) is 24.3 Å². The van der Waals surface area contributed by atoms with Gasteiger partial charge in [0.05, 0.1) is 5.75 Å².